The lowest BCUT2D eigenvalue weighted by atomic mass is 10.9. The van der Waals surface area contributed by atoms with Crippen LogP contribution in [-0.2, 0) is 14.2 Å². The highest BCUT2D eigenvalue weighted by molar-refractivity contribution is 5.59. The minimum atomic E-state index is -0.695. The van der Waals surface area contributed by atoms with Crippen LogP contribution in [0.2, 0.25) is 0 Å². The van der Waals surface area contributed by atoms with Gasteiger partial charge in [0.1, 0.15) is 0 Å². The van der Waals surface area contributed by atoms with Crippen LogP contribution in [0.5, 0.6) is 0 Å². The van der Waals surface area contributed by atoms with Crippen LogP contribution in [0.3, 0.4) is 0 Å². The van der Waals surface area contributed by atoms with E-state index in [1.165, 1.54) is 7.11 Å². The van der Waals surface area contributed by atoms with Crippen molar-refractivity contribution in [2.24, 2.45) is 0 Å². The lowest BCUT2D eigenvalue weighted by Crippen LogP contribution is -2.08. The second-order valence-electron chi connectivity index (χ2n) is 1.23. The van der Waals surface area contributed by atoms with Crippen molar-refractivity contribution in [3.63, 3.8) is 0 Å². The molecule has 0 bridgehead atoms. The van der Waals surface area contributed by atoms with Gasteiger partial charge in [0.05, 0.1) is 6.61 Å². The topological polar surface area (TPSA) is 44.8 Å². The van der Waals surface area contributed by atoms with Crippen LogP contribution in [0.4, 0.5) is 4.79 Å². The Morgan fingerprint density at radius 1 is 1.44 bits per heavy atom. The minimum Gasteiger partial charge on any atom is -0.435 e. The summed E-state index contributed by atoms with van der Waals surface area (Å²) in [5.74, 6) is 0. The van der Waals surface area contributed by atoms with Gasteiger partial charge < -0.3 is 14.2 Å². The molecule has 0 aromatic rings. The summed E-state index contributed by atoms with van der Waals surface area (Å²) in [6.45, 7) is 1.97. The molecule has 0 aliphatic carbocycles. The zero-order valence-corrected chi connectivity index (χ0v) is 5.55. The molecule has 0 saturated heterocycles. The molecule has 0 aliphatic rings. The lowest BCUT2D eigenvalue weighted by molar-refractivity contribution is -0.0246. The van der Waals surface area contributed by atoms with Crippen molar-refractivity contribution in [2.75, 3.05) is 20.5 Å². The number of ether oxygens (including phenoxy) is 3. The van der Waals surface area contributed by atoms with Gasteiger partial charge in [-0.05, 0) is 6.92 Å². The SMILES string of the molecule is CCOC(=O)OCOC. The van der Waals surface area contributed by atoms with E-state index in [0.717, 1.165) is 0 Å². The number of carbonyl (C=O) groups is 1. The molecule has 4 nitrogen and oxygen atoms in total. The molecule has 0 amide bonds. The minimum absolute atomic E-state index is 0.0567. The van der Waals surface area contributed by atoms with Crippen LogP contribution in [0.15, 0.2) is 0 Å². The molecule has 0 fully saturated rings. The molecule has 0 aromatic heterocycles. The zero-order chi connectivity index (χ0) is 7.11. The summed E-state index contributed by atoms with van der Waals surface area (Å²) in [7, 11) is 1.43. The summed E-state index contributed by atoms with van der Waals surface area (Å²) < 4.78 is 13.2. The van der Waals surface area contributed by atoms with Gasteiger partial charge in [0.2, 0.25) is 0 Å². The highest BCUT2D eigenvalue weighted by Crippen LogP contribution is 1.83. The molecule has 0 atom stereocenters. The number of rotatable bonds is 3. The van der Waals surface area contributed by atoms with E-state index in [9.17, 15) is 4.79 Å². The molecule has 0 unspecified atom stereocenters. The highest BCUT2D eigenvalue weighted by Gasteiger charge is 1.98. The van der Waals surface area contributed by atoms with E-state index in [1.54, 1.807) is 6.92 Å². The van der Waals surface area contributed by atoms with Gasteiger partial charge in [-0.1, -0.05) is 0 Å². The Kier molecular flexibility index (Phi) is 4.91. The van der Waals surface area contributed by atoms with Crippen LogP contribution < -0.4 is 0 Å². The Hall–Kier alpha value is -0.770. The van der Waals surface area contributed by atoms with Crippen molar-refractivity contribution in [2.45, 2.75) is 6.92 Å². The molecular formula is C5H10O4. The lowest BCUT2D eigenvalue weighted by Gasteiger charge is -2.00. The fourth-order valence-electron chi connectivity index (χ4n) is 0.267. The summed E-state index contributed by atoms with van der Waals surface area (Å²) in [6, 6.07) is 0. The third-order valence-electron chi connectivity index (χ3n) is 0.557. The van der Waals surface area contributed by atoms with Crippen LogP contribution in [0.1, 0.15) is 6.92 Å². The quantitative estimate of drug-likeness (QED) is 0.422. The van der Waals surface area contributed by atoms with Crippen molar-refractivity contribution >= 4 is 6.16 Å². The standard InChI is InChI=1S/C5H10O4/c1-3-8-5(6)9-4-7-2/h3-4H2,1-2H3. The molecule has 0 radical (unpaired) electrons. The van der Waals surface area contributed by atoms with Crippen molar-refractivity contribution in [3.8, 4) is 0 Å². The van der Waals surface area contributed by atoms with Crippen molar-refractivity contribution < 1.29 is 19.0 Å². The number of hydrogen-bond acceptors (Lipinski definition) is 4. The van der Waals surface area contributed by atoms with E-state index < -0.39 is 6.16 Å². The molecule has 0 saturated carbocycles. The summed E-state index contributed by atoms with van der Waals surface area (Å²) in [6.07, 6.45) is -0.695. The predicted molar refractivity (Wildman–Crippen MR) is 30.0 cm³/mol. The highest BCUT2D eigenvalue weighted by atomic mass is 16.8. The molecule has 4 heteroatoms. The van der Waals surface area contributed by atoms with E-state index in [-0.39, 0.29) is 6.79 Å². The van der Waals surface area contributed by atoms with Crippen LogP contribution in [-0.4, -0.2) is 26.7 Å². The Bertz CT molecular complexity index is 81.0. The Labute approximate surface area is 53.7 Å². The average molecular weight is 134 g/mol. The number of hydrogen-bond donors (Lipinski definition) is 0. The van der Waals surface area contributed by atoms with Crippen LogP contribution in [0, 0.1) is 0 Å². The molecule has 0 N–H and O–H groups in total. The first-order valence-electron chi connectivity index (χ1n) is 2.59. The largest absolute Gasteiger partial charge is 0.510 e. The van der Waals surface area contributed by atoms with Gasteiger partial charge >= 0.3 is 6.16 Å². The maximum Gasteiger partial charge on any atom is 0.510 e. The van der Waals surface area contributed by atoms with E-state index in [1.807, 2.05) is 0 Å². The summed E-state index contributed by atoms with van der Waals surface area (Å²) in [5, 5.41) is 0. The van der Waals surface area contributed by atoms with Gasteiger partial charge in [-0.15, -0.1) is 0 Å². The smallest absolute Gasteiger partial charge is 0.435 e. The molecule has 0 heterocycles. The maximum atomic E-state index is 10.3. The van der Waals surface area contributed by atoms with Crippen molar-refractivity contribution in [3.05, 3.63) is 0 Å². The zero-order valence-electron chi connectivity index (χ0n) is 5.55. The molecule has 0 rings (SSSR count). The van der Waals surface area contributed by atoms with Gasteiger partial charge in [0.25, 0.3) is 0 Å². The first kappa shape index (κ1) is 8.23. The van der Waals surface area contributed by atoms with E-state index in [4.69, 9.17) is 0 Å². The molecule has 0 aliphatic heterocycles. The Morgan fingerprint density at radius 3 is 2.56 bits per heavy atom. The molecule has 0 aromatic carbocycles. The first-order valence-corrected chi connectivity index (χ1v) is 2.59. The van der Waals surface area contributed by atoms with Gasteiger partial charge in [-0.25, -0.2) is 4.79 Å². The van der Waals surface area contributed by atoms with E-state index >= 15 is 0 Å². The Morgan fingerprint density at radius 2 is 2.11 bits per heavy atom. The molecule has 54 valence electrons. The Balaban J connectivity index is 3.06. The fourth-order valence-corrected chi connectivity index (χ4v) is 0.267. The molecular weight excluding hydrogens is 124 g/mol. The maximum absolute atomic E-state index is 10.3. The van der Waals surface area contributed by atoms with E-state index in [0.29, 0.717) is 6.61 Å². The first-order chi connectivity index (χ1) is 4.31. The summed E-state index contributed by atoms with van der Waals surface area (Å²) >= 11 is 0. The fraction of sp³-hybridized carbons (Fsp3) is 0.800. The summed E-state index contributed by atoms with van der Waals surface area (Å²) in [4.78, 5) is 10.3. The van der Waals surface area contributed by atoms with Gasteiger partial charge in [-0.2, -0.15) is 0 Å². The third kappa shape index (κ3) is 5.10. The monoisotopic (exact) mass is 134 g/mol. The van der Waals surface area contributed by atoms with Crippen LogP contribution in [0.25, 0.3) is 0 Å². The van der Waals surface area contributed by atoms with Gasteiger partial charge in [0.15, 0.2) is 6.79 Å². The van der Waals surface area contributed by atoms with Gasteiger partial charge in [0, 0.05) is 7.11 Å². The summed E-state index contributed by atoms with van der Waals surface area (Å²) in [5.41, 5.74) is 0. The molecule has 0 spiro atoms. The van der Waals surface area contributed by atoms with Crippen molar-refractivity contribution in [1.82, 2.24) is 0 Å². The normalized spacial score (nSPS) is 8.67. The second kappa shape index (κ2) is 5.37. The van der Waals surface area contributed by atoms with Crippen LogP contribution >= 0.6 is 0 Å². The third-order valence-corrected chi connectivity index (χ3v) is 0.557. The van der Waals surface area contributed by atoms with E-state index in [2.05, 4.69) is 14.2 Å². The second-order valence-corrected chi connectivity index (χ2v) is 1.23. The number of carbonyl (C=O) groups excluding carboxylic acids is 1. The average Bonchev–Trinajstić information content (AvgIpc) is 1.85. The van der Waals surface area contributed by atoms with Crippen molar-refractivity contribution in [1.29, 1.82) is 0 Å². The predicted octanol–water partition coefficient (Wildman–Crippen LogP) is 0.763. The molecule has 9 heavy (non-hydrogen) atoms. The number of methoxy groups -OCH3 is 1. The van der Waals surface area contributed by atoms with Gasteiger partial charge in [-0.3, -0.25) is 0 Å².